The number of rotatable bonds is 6. The number of aromatic nitrogens is 1. The maximum Gasteiger partial charge on any atom is 0.419 e. The monoisotopic (exact) mass is 648 g/mol. The van der Waals surface area contributed by atoms with Crippen molar-refractivity contribution in [1.29, 1.82) is 0 Å². The molecule has 5 aromatic rings. The number of benzene rings is 4. The normalized spacial score (nSPS) is 12.8. The van der Waals surface area contributed by atoms with E-state index in [2.05, 4.69) is 0 Å². The van der Waals surface area contributed by atoms with Crippen LogP contribution < -0.4 is 10.9 Å². The molecule has 0 bridgehead atoms. The van der Waals surface area contributed by atoms with Crippen LogP contribution in [0.25, 0.3) is 32.8 Å². The number of fused-ring (bicyclic) bond motifs is 2. The molecule has 1 atom stereocenters. The molecule has 1 amide bonds. The lowest BCUT2D eigenvalue weighted by atomic mass is 9.90. The first-order chi connectivity index (χ1) is 21.5. The Labute approximate surface area is 253 Å². The largest absolute Gasteiger partial charge is 0.480 e. The fourth-order valence-electron chi connectivity index (χ4n) is 5.44. The molecule has 1 heterocycles. The van der Waals surface area contributed by atoms with Gasteiger partial charge in [0.1, 0.15) is 17.4 Å². The number of alkyl halides is 6. The van der Waals surface area contributed by atoms with E-state index in [0.29, 0.717) is 0 Å². The summed E-state index contributed by atoms with van der Waals surface area (Å²) < 4.78 is 113. The zero-order valence-electron chi connectivity index (χ0n) is 23.4. The standard InChI is InChI=1S/C32H20F8N2O4/c1-42-23-11-3-2-7-19(23)26(32(38,39)40)24(29(42)44)18-10-5-8-16-15(6-4-9-17(16)18)14-22(30(45)46)41-28(43)25-21(33)13-12-20(27(25)34)31(35,36)37/h2-13,22H,14H2,1H3,(H,41,43)(H,45,46)/t22-/m0/s1. The topological polar surface area (TPSA) is 88.4 Å². The van der Waals surface area contributed by atoms with Crippen molar-refractivity contribution in [2.45, 2.75) is 24.8 Å². The summed E-state index contributed by atoms with van der Waals surface area (Å²) >= 11 is 0. The molecular formula is C32H20F8N2O4. The second kappa shape index (κ2) is 11.6. The van der Waals surface area contributed by atoms with Gasteiger partial charge in [-0.25, -0.2) is 13.6 Å². The fourth-order valence-corrected chi connectivity index (χ4v) is 5.44. The van der Waals surface area contributed by atoms with Gasteiger partial charge in [0.25, 0.3) is 11.5 Å². The Morgan fingerprint density at radius 1 is 0.826 bits per heavy atom. The number of pyridine rings is 1. The molecule has 1 aromatic heterocycles. The molecule has 0 aliphatic heterocycles. The molecule has 6 nitrogen and oxygen atoms in total. The Kier molecular flexibility index (Phi) is 8.09. The number of aryl methyl sites for hydroxylation is 1. The van der Waals surface area contributed by atoms with E-state index in [9.17, 15) is 54.6 Å². The van der Waals surface area contributed by atoms with Gasteiger partial charge < -0.3 is 15.0 Å². The molecule has 0 fully saturated rings. The van der Waals surface area contributed by atoms with Crippen molar-refractivity contribution in [3.8, 4) is 11.1 Å². The van der Waals surface area contributed by atoms with E-state index in [1.165, 1.54) is 67.7 Å². The molecule has 14 heteroatoms. The van der Waals surface area contributed by atoms with Gasteiger partial charge in [-0.05, 0) is 40.1 Å². The molecule has 46 heavy (non-hydrogen) atoms. The Bertz CT molecular complexity index is 2100. The van der Waals surface area contributed by atoms with Crippen LogP contribution in [0.5, 0.6) is 0 Å². The van der Waals surface area contributed by atoms with Gasteiger partial charge in [0.15, 0.2) is 5.82 Å². The quantitative estimate of drug-likeness (QED) is 0.192. The number of aliphatic carboxylic acids is 1. The first-order valence-electron chi connectivity index (χ1n) is 13.3. The van der Waals surface area contributed by atoms with Crippen molar-refractivity contribution in [3.05, 3.63) is 117 Å². The third-order valence-electron chi connectivity index (χ3n) is 7.52. The summed E-state index contributed by atoms with van der Waals surface area (Å²) in [5.41, 5.74) is -6.33. The number of halogens is 8. The first kappa shape index (κ1) is 32.1. The second-order valence-corrected chi connectivity index (χ2v) is 10.3. The molecule has 0 radical (unpaired) electrons. The third kappa shape index (κ3) is 5.66. The number of carboxylic acid groups (broad SMARTS) is 1. The van der Waals surface area contributed by atoms with Crippen LogP contribution in [0.3, 0.4) is 0 Å². The van der Waals surface area contributed by atoms with E-state index < -0.39 is 76.1 Å². The van der Waals surface area contributed by atoms with Gasteiger partial charge in [-0.1, -0.05) is 54.6 Å². The van der Waals surface area contributed by atoms with Crippen LogP contribution in [0.4, 0.5) is 35.1 Å². The van der Waals surface area contributed by atoms with Crippen LogP contribution in [0.15, 0.2) is 77.6 Å². The third-order valence-corrected chi connectivity index (χ3v) is 7.52. The summed E-state index contributed by atoms with van der Waals surface area (Å²) in [6.07, 6.45) is -10.8. The van der Waals surface area contributed by atoms with E-state index in [4.69, 9.17) is 0 Å². The molecule has 4 aromatic carbocycles. The highest BCUT2D eigenvalue weighted by Crippen LogP contribution is 2.42. The van der Waals surface area contributed by atoms with E-state index >= 15 is 0 Å². The Morgan fingerprint density at radius 3 is 2.11 bits per heavy atom. The summed E-state index contributed by atoms with van der Waals surface area (Å²) in [5.74, 6) is -7.40. The molecule has 5 rings (SSSR count). The zero-order valence-corrected chi connectivity index (χ0v) is 23.4. The first-order valence-corrected chi connectivity index (χ1v) is 13.3. The van der Waals surface area contributed by atoms with Gasteiger partial charge in [-0.15, -0.1) is 0 Å². The highest BCUT2D eigenvalue weighted by Gasteiger charge is 2.39. The summed E-state index contributed by atoms with van der Waals surface area (Å²) in [7, 11) is 1.32. The van der Waals surface area contributed by atoms with Crippen LogP contribution in [0.2, 0.25) is 0 Å². The van der Waals surface area contributed by atoms with E-state index in [-0.39, 0.29) is 44.9 Å². The van der Waals surface area contributed by atoms with Crippen molar-refractivity contribution in [2.75, 3.05) is 0 Å². The maximum atomic E-state index is 14.6. The number of amides is 1. The van der Waals surface area contributed by atoms with Crippen molar-refractivity contribution in [1.82, 2.24) is 9.88 Å². The van der Waals surface area contributed by atoms with Gasteiger partial charge in [0.2, 0.25) is 0 Å². The molecule has 0 saturated carbocycles. The summed E-state index contributed by atoms with van der Waals surface area (Å²) in [6.45, 7) is 0. The number of nitrogens with one attached hydrogen (secondary N) is 1. The lowest BCUT2D eigenvalue weighted by molar-refractivity contribution is -0.140. The number of para-hydroxylation sites is 1. The van der Waals surface area contributed by atoms with Crippen molar-refractivity contribution in [2.24, 2.45) is 7.05 Å². The average Bonchev–Trinajstić information content (AvgIpc) is 2.97. The highest BCUT2D eigenvalue weighted by molar-refractivity contribution is 6.02. The van der Waals surface area contributed by atoms with Gasteiger partial charge in [-0.2, -0.15) is 26.3 Å². The highest BCUT2D eigenvalue weighted by atomic mass is 19.4. The lowest BCUT2D eigenvalue weighted by Crippen LogP contribution is -2.43. The van der Waals surface area contributed by atoms with E-state index in [1.54, 1.807) is 0 Å². The van der Waals surface area contributed by atoms with Crippen LogP contribution in [0.1, 0.15) is 27.0 Å². The second-order valence-electron chi connectivity index (χ2n) is 10.3. The van der Waals surface area contributed by atoms with Crippen LogP contribution in [-0.2, 0) is 30.6 Å². The van der Waals surface area contributed by atoms with Crippen molar-refractivity contribution >= 4 is 33.6 Å². The minimum absolute atomic E-state index is 0.0400. The molecular weight excluding hydrogens is 628 g/mol. The number of carboxylic acids is 1. The molecule has 0 aliphatic carbocycles. The average molecular weight is 649 g/mol. The fraction of sp³-hybridized carbons (Fsp3) is 0.156. The number of hydrogen-bond acceptors (Lipinski definition) is 3. The van der Waals surface area contributed by atoms with Gasteiger partial charge in [-0.3, -0.25) is 9.59 Å². The smallest absolute Gasteiger partial charge is 0.419 e. The van der Waals surface area contributed by atoms with Gasteiger partial charge in [0, 0.05) is 18.9 Å². The molecule has 238 valence electrons. The van der Waals surface area contributed by atoms with Crippen LogP contribution in [-0.4, -0.2) is 27.6 Å². The Morgan fingerprint density at radius 2 is 1.46 bits per heavy atom. The molecule has 0 saturated heterocycles. The minimum atomic E-state index is -5.28. The van der Waals surface area contributed by atoms with Gasteiger partial charge >= 0.3 is 18.3 Å². The van der Waals surface area contributed by atoms with Crippen molar-refractivity contribution in [3.63, 3.8) is 0 Å². The number of carbonyl (C=O) groups excluding carboxylic acids is 1. The molecule has 0 unspecified atom stereocenters. The predicted molar refractivity (Wildman–Crippen MR) is 151 cm³/mol. The number of nitrogens with zero attached hydrogens (tertiary/aromatic N) is 1. The maximum absolute atomic E-state index is 14.6. The Hall–Kier alpha value is -5.27. The minimum Gasteiger partial charge on any atom is -0.480 e. The number of hydrogen-bond donors (Lipinski definition) is 2. The van der Waals surface area contributed by atoms with Gasteiger partial charge in [0.05, 0.1) is 22.2 Å². The summed E-state index contributed by atoms with van der Waals surface area (Å²) in [5, 5.41) is 11.7. The van der Waals surface area contributed by atoms with Crippen molar-refractivity contribution < 1.29 is 49.8 Å². The van der Waals surface area contributed by atoms with Crippen LogP contribution in [0, 0.1) is 11.6 Å². The predicted octanol–water partition coefficient (Wildman–Crippen LogP) is 7.10. The van der Waals surface area contributed by atoms with E-state index in [0.717, 1.165) is 4.57 Å². The molecule has 0 spiro atoms. The summed E-state index contributed by atoms with van der Waals surface area (Å²) in [6, 6.07) is 12.1. The molecule has 0 aliphatic rings. The zero-order chi connectivity index (χ0) is 33.7. The molecule has 2 N–H and O–H groups in total. The Balaban J connectivity index is 1.62. The van der Waals surface area contributed by atoms with Crippen LogP contribution >= 0.6 is 0 Å². The number of carbonyl (C=O) groups is 2. The van der Waals surface area contributed by atoms with E-state index in [1.807, 2.05) is 5.32 Å². The lowest BCUT2D eigenvalue weighted by Gasteiger charge is -2.20. The summed E-state index contributed by atoms with van der Waals surface area (Å²) in [4.78, 5) is 38.3. The SMILES string of the molecule is Cn1c(=O)c(-c2cccc3c(C[C@H](NC(=O)c4c(F)ccc(C(F)(F)F)c4F)C(=O)O)cccc23)c(C(F)(F)F)c2ccccc21.